The van der Waals surface area contributed by atoms with Crippen molar-refractivity contribution in [1.29, 1.82) is 0 Å². The van der Waals surface area contributed by atoms with E-state index in [-0.39, 0.29) is 12.5 Å². The highest BCUT2D eigenvalue weighted by Gasteiger charge is 2.06. The maximum absolute atomic E-state index is 11.5. The standard InChI is InChI=1S/C11H14N2O2.C4H6N2/c1-7-3-4-9(5-8(7)2)11(15)13-6-10(12)14;1-4-2-5-3-6-4/h3-5H,6H2,1-2H3,(H2,12,14)(H,13,15);2-3H,1H3,(H,5,6). The fraction of sp³-hybridized carbons (Fsp3) is 0.267. The third-order valence-electron chi connectivity index (χ3n) is 2.83. The van der Waals surface area contributed by atoms with Crippen LogP contribution in [0.15, 0.2) is 30.7 Å². The van der Waals surface area contributed by atoms with Crippen molar-refractivity contribution in [2.45, 2.75) is 20.8 Å². The Bertz CT molecular complexity index is 606. The number of primary amides is 1. The van der Waals surface area contributed by atoms with Crippen LogP contribution in [-0.4, -0.2) is 28.3 Å². The van der Waals surface area contributed by atoms with E-state index in [1.807, 2.05) is 26.8 Å². The number of aromatic amines is 1. The van der Waals surface area contributed by atoms with Crippen LogP contribution in [0.25, 0.3) is 0 Å². The second kappa shape index (κ2) is 7.84. The summed E-state index contributed by atoms with van der Waals surface area (Å²) in [4.78, 5) is 28.6. The Hall–Kier alpha value is -2.63. The molecule has 1 aromatic heterocycles. The molecule has 0 saturated heterocycles. The summed E-state index contributed by atoms with van der Waals surface area (Å²) in [5.41, 5.74) is 8.74. The van der Waals surface area contributed by atoms with Crippen LogP contribution in [-0.2, 0) is 4.79 Å². The molecule has 0 radical (unpaired) electrons. The molecule has 0 unspecified atom stereocenters. The summed E-state index contributed by atoms with van der Waals surface area (Å²) in [7, 11) is 0. The summed E-state index contributed by atoms with van der Waals surface area (Å²) < 4.78 is 0. The van der Waals surface area contributed by atoms with Gasteiger partial charge in [-0.25, -0.2) is 4.98 Å². The van der Waals surface area contributed by atoms with Crippen molar-refractivity contribution in [2.24, 2.45) is 5.73 Å². The topological polar surface area (TPSA) is 101 Å². The minimum Gasteiger partial charge on any atom is -0.368 e. The molecule has 21 heavy (non-hydrogen) atoms. The smallest absolute Gasteiger partial charge is 0.251 e. The predicted molar refractivity (Wildman–Crippen MR) is 80.8 cm³/mol. The van der Waals surface area contributed by atoms with Crippen molar-refractivity contribution in [3.8, 4) is 0 Å². The van der Waals surface area contributed by atoms with Gasteiger partial charge in [0.25, 0.3) is 5.91 Å². The van der Waals surface area contributed by atoms with Gasteiger partial charge in [0.05, 0.1) is 12.9 Å². The van der Waals surface area contributed by atoms with Gasteiger partial charge in [0.2, 0.25) is 5.91 Å². The Morgan fingerprint density at radius 2 is 1.95 bits per heavy atom. The van der Waals surface area contributed by atoms with Gasteiger partial charge in [-0.2, -0.15) is 0 Å². The lowest BCUT2D eigenvalue weighted by molar-refractivity contribution is -0.117. The number of hydrogen-bond donors (Lipinski definition) is 3. The zero-order chi connectivity index (χ0) is 15.8. The van der Waals surface area contributed by atoms with Crippen LogP contribution in [0.5, 0.6) is 0 Å². The highest BCUT2D eigenvalue weighted by atomic mass is 16.2. The minimum atomic E-state index is -0.549. The van der Waals surface area contributed by atoms with E-state index in [1.54, 1.807) is 24.7 Å². The molecule has 2 amide bonds. The molecule has 1 aromatic carbocycles. The van der Waals surface area contributed by atoms with Crippen molar-refractivity contribution in [2.75, 3.05) is 6.54 Å². The number of benzene rings is 1. The molecule has 112 valence electrons. The molecular formula is C15H20N4O2. The molecule has 6 nitrogen and oxygen atoms in total. The van der Waals surface area contributed by atoms with Gasteiger partial charge in [0.15, 0.2) is 0 Å². The van der Waals surface area contributed by atoms with Gasteiger partial charge in [0, 0.05) is 17.5 Å². The van der Waals surface area contributed by atoms with E-state index in [0.717, 1.165) is 16.8 Å². The third kappa shape index (κ3) is 5.90. The van der Waals surface area contributed by atoms with Gasteiger partial charge in [-0.05, 0) is 44.0 Å². The molecule has 1 heterocycles. The van der Waals surface area contributed by atoms with Crippen molar-refractivity contribution in [1.82, 2.24) is 15.3 Å². The molecule has 0 fully saturated rings. The van der Waals surface area contributed by atoms with Crippen LogP contribution in [0.3, 0.4) is 0 Å². The lowest BCUT2D eigenvalue weighted by Crippen LogP contribution is -2.33. The second-order valence-corrected chi connectivity index (χ2v) is 4.68. The van der Waals surface area contributed by atoms with E-state index in [2.05, 4.69) is 15.3 Å². The van der Waals surface area contributed by atoms with Gasteiger partial charge < -0.3 is 16.0 Å². The summed E-state index contributed by atoms with van der Waals surface area (Å²) in [5, 5.41) is 2.43. The number of carbonyl (C=O) groups excluding carboxylic acids is 2. The highest BCUT2D eigenvalue weighted by molar-refractivity contribution is 5.96. The van der Waals surface area contributed by atoms with Gasteiger partial charge in [-0.15, -0.1) is 0 Å². The molecule has 0 atom stereocenters. The number of carbonyl (C=O) groups is 2. The predicted octanol–water partition coefficient (Wildman–Crippen LogP) is 1.24. The largest absolute Gasteiger partial charge is 0.368 e. The molecule has 0 aliphatic heterocycles. The molecule has 0 aliphatic carbocycles. The Morgan fingerprint density at radius 3 is 2.38 bits per heavy atom. The van der Waals surface area contributed by atoms with E-state index >= 15 is 0 Å². The first kappa shape index (κ1) is 16.4. The van der Waals surface area contributed by atoms with Crippen molar-refractivity contribution < 1.29 is 9.59 Å². The number of nitrogens with zero attached hydrogens (tertiary/aromatic N) is 1. The van der Waals surface area contributed by atoms with Crippen LogP contribution in [0.4, 0.5) is 0 Å². The third-order valence-corrected chi connectivity index (χ3v) is 2.83. The first-order valence-electron chi connectivity index (χ1n) is 6.49. The van der Waals surface area contributed by atoms with Crippen LogP contribution in [0, 0.1) is 20.8 Å². The Kier molecular flexibility index (Phi) is 6.13. The molecular weight excluding hydrogens is 268 g/mol. The SMILES string of the molecule is Cc1ccc(C(=O)NCC(N)=O)cc1C.Cc1cnc[nH]1. The van der Waals surface area contributed by atoms with Crippen molar-refractivity contribution in [3.05, 3.63) is 53.1 Å². The summed E-state index contributed by atoms with van der Waals surface area (Å²) in [5.74, 6) is -0.830. The van der Waals surface area contributed by atoms with E-state index in [0.29, 0.717) is 5.56 Å². The molecule has 4 N–H and O–H groups in total. The van der Waals surface area contributed by atoms with Gasteiger partial charge in [-0.1, -0.05) is 6.07 Å². The zero-order valence-electron chi connectivity index (χ0n) is 12.4. The van der Waals surface area contributed by atoms with Crippen molar-refractivity contribution >= 4 is 11.8 Å². The number of hydrogen-bond acceptors (Lipinski definition) is 3. The van der Waals surface area contributed by atoms with E-state index in [9.17, 15) is 9.59 Å². The van der Waals surface area contributed by atoms with Gasteiger partial charge in [0.1, 0.15) is 0 Å². The maximum atomic E-state index is 11.5. The van der Waals surface area contributed by atoms with Gasteiger partial charge in [-0.3, -0.25) is 9.59 Å². The fourth-order valence-electron chi connectivity index (χ4n) is 1.48. The maximum Gasteiger partial charge on any atom is 0.251 e. The first-order valence-corrected chi connectivity index (χ1v) is 6.49. The number of amides is 2. The summed E-state index contributed by atoms with van der Waals surface area (Å²) in [6.45, 7) is 5.74. The molecule has 2 rings (SSSR count). The zero-order valence-corrected chi connectivity index (χ0v) is 12.4. The fourth-order valence-corrected chi connectivity index (χ4v) is 1.48. The Morgan fingerprint density at radius 1 is 1.24 bits per heavy atom. The second-order valence-electron chi connectivity index (χ2n) is 4.68. The van der Waals surface area contributed by atoms with Crippen LogP contribution >= 0.6 is 0 Å². The molecule has 0 aliphatic rings. The molecule has 0 saturated carbocycles. The first-order chi connectivity index (χ1) is 9.90. The Balaban J connectivity index is 0.000000304. The van der Waals surface area contributed by atoms with Crippen LogP contribution in [0.2, 0.25) is 0 Å². The van der Waals surface area contributed by atoms with E-state index < -0.39 is 5.91 Å². The van der Waals surface area contributed by atoms with E-state index in [1.165, 1.54) is 0 Å². The summed E-state index contributed by atoms with van der Waals surface area (Å²) in [6, 6.07) is 5.37. The number of rotatable bonds is 3. The van der Waals surface area contributed by atoms with Crippen LogP contribution < -0.4 is 11.1 Å². The molecule has 0 bridgehead atoms. The molecule has 6 heteroatoms. The number of imidazole rings is 1. The molecule has 0 spiro atoms. The number of H-pyrrole nitrogens is 1. The Labute approximate surface area is 123 Å². The monoisotopic (exact) mass is 288 g/mol. The van der Waals surface area contributed by atoms with Gasteiger partial charge >= 0.3 is 0 Å². The normalized spacial score (nSPS) is 9.48. The summed E-state index contributed by atoms with van der Waals surface area (Å²) in [6.07, 6.45) is 3.44. The average Bonchev–Trinajstić information content (AvgIpc) is 2.91. The minimum absolute atomic E-state index is 0.133. The average molecular weight is 288 g/mol. The number of aryl methyl sites for hydroxylation is 3. The lowest BCUT2D eigenvalue weighted by Gasteiger charge is -2.05. The lowest BCUT2D eigenvalue weighted by atomic mass is 10.1. The quantitative estimate of drug-likeness (QED) is 0.792. The molecule has 2 aromatic rings. The highest BCUT2D eigenvalue weighted by Crippen LogP contribution is 2.09. The summed E-state index contributed by atoms with van der Waals surface area (Å²) >= 11 is 0. The van der Waals surface area contributed by atoms with E-state index in [4.69, 9.17) is 5.73 Å². The van der Waals surface area contributed by atoms with Crippen LogP contribution in [0.1, 0.15) is 27.2 Å². The number of nitrogens with two attached hydrogens (primary N) is 1. The number of nitrogens with one attached hydrogen (secondary N) is 2. The number of aromatic nitrogens is 2. The van der Waals surface area contributed by atoms with Crippen molar-refractivity contribution in [3.63, 3.8) is 0 Å².